The van der Waals surface area contributed by atoms with Crippen molar-refractivity contribution in [2.75, 3.05) is 5.75 Å². The Hall–Kier alpha value is -1.30. The van der Waals surface area contributed by atoms with Crippen LogP contribution in [0.5, 0.6) is 0 Å². The molecule has 0 radical (unpaired) electrons. The maximum atomic E-state index is 12.0. The number of aliphatic imine (C=N–C) groups is 1. The highest BCUT2D eigenvalue weighted by molar-refractivity contribution is 8.14. The van der Waals surface area contributed by atoms with Gasteiger partial charge in [-0.1, -0.05) is 0 Å². The van der Waals surface area contributed by atoms with Gasteiger partial charge in [-0.2, -0.15) is 0 Å². The number of rotatable bonds is 2. The van der Waals surface area contributed by atoms with Crippen molar-refractivity contribution in [3.63, 3.8) is 0 Å². The van der Waals surface area contributed by atoms with Crippen molar-refractivity contribution < 1.29 is 0 Å². The molecule has 1 fully saturated rings. The molecule has 96 valence electrons. The highest BCUT2D eigenvalue weighted by atomic mass is 32.2. The van der Waals surface area contributed by atoms with Gasteiger partial charge < -0.3 is 0 Å². The van der Waals surface area contributed by atoms with Crippen molar-refractivity contribution in [2.24, 2.45) is 25.0 Å². The molecule has 1 aromatic rings. The van der Waals surface area contributed by atoms with Crippen molar-refractivity contribution in [3.05, 3.63) is 26.4 Å². The fraction of sp³-hybridized carbons (Fsp3) is 0.583. The summed E-state index contributed by atoms with van der Waals surface area (Å²) in [5, 5.41) is 0.968. The van der Waals surface area contributed by atoms with Gasteiger partial charge in [-0.15, -0.1) is 11.8 Å². The van der Waals surface area contributed by atoms with Gasteiger partial charge in [0, 0.05) is 26.3 Å². The molecule has 1 aliphatic carbocycles. The van der Waals surface area contributed by atoms with Gasteiger partial charge in [0.25, 0.3) is 5.56 Å². The van der Waals surface area contributed by atoms with Gasteiger partial charge >= 0.3 is 5.69 Å². The highest BCUT2D eigenvalue weighted by Crippen LogP contribution is 2.35. The third-order valence-electron chi connectivity index (χ3n) is 3.47. The lowest BCUT2D eigenvalue weighted by atomic mass is 10.2. The molecule has 2 aliphatic rings. The number of hydrogen-bond acceptors (Lipinski definition) is 4. The Morgan fingerprint density at radius 2 is 2.00 bits per heavy atom. The summed E-state index contributed by atoms with van der Waals surface area (Å²) in [6.07, 6.45) is 3.20. The molecule has 0 bridgehead atoms. The van der Waals surface area contributed by atoms with Crippen LogP contribution in [0.2, 0.25) is 0 Å². The molecule has 0 amide bonds. The van der Waals surface area contributed by atoms with E-state index in [9.17, 15) is 9.59 Å². The van der Waals surface area contributed by atoms with E-state index in [0.29, 0.717) is 17.8 Å². The third-order valence-corrected chi connectivity index (χ3v) is 4.67. The van der Waals surface area contributed by atoms with Gasteiger partial charge in [-0.25, -0.2) is 9.79 Å². The Bertz CT molecular complexity index is 653. The van der Waals surface area contributed by atoms with Crippen molar-refractivity contribution in [3.8, 4) is 0 Å². The molecule has 0 spiro atoms. The number of thioether (sulfide) groups is 1. The molecule has 1 saturated carbocycles. The average Bonchev–Trinajstić information content (AvgIpc) is 3.10. The minimum atomic E-state index is -0.309. The SMILES string of the molecule is Cn1c2c(c(=O)n(C)c1=O)CC(SCC1CC1)=N2. The van der Waals surface area contributed by atoms with Crippen molar-refractivity contribution in [1.29, 1.82) is 0 Å². The van der Waals surface area contributed by atoms with Gasteiger partial charge in [0.1, 0.15) is 5.82 Å². The summed E-state index contributed by atoms with van der Waals surface area (Å²) >= 11 is 1.73. The molecule has 3 rings (SSSR count). The first-order valence-electron chi connectivity index (χ1n) is 6.07. The first-order chi connectivity index (χ1) is 8.58. The molecule has 0 atom stereocenters. The number of hydrogen-bond donors (Lipinski definition) is 0. The lowest BCUT2D eigenvalue weighted by Crippen LogP contribution is -2.38. The van der Waals surface area contributed by atoms with Crippen molar-refractivity contribution in [1.82, 2.24) is 9.13 Å². The molecular formula is C12H15N3O2S. The second kappa shape index (κ2) is 4.12. The van der Waals surface area contributed by atoms with Gasteiger partial charge in [-0.3, -0.25) is 13.9 Å². The van der Waals surface area contributed by atoms with Crippen LogP contribution in [0, 0.1) is 5.92 Å². The van der Waals surface area contributed by atoms with Crippen LogP contribution in [0.4, 0.5) is 5.82 Å². The summed E-state index contributed by atoms with van der Waals surface area (Å²) < 4.78 is 2.62. The second-order valence-electron chi connectivity index (χ2n) is 4.94. The lowest BCUT2D eigenvalue weighted by Gasteiger charge is -2.05. The zero-order valence-corrected chi connectivity index (χ0v) is 11.3. The van der Waals surface area contributed by atoms with Crippen molar-refractivity contribution >= 4 is 22.6 Å². The largest absolute Gasteiger partial charge is 0.332 e. The van der Waals surface area contributed by atoms with E-state index in [2.05, 4.69) is 4.99 Å². The smallest absolute Gasteiger partial charge is 0.281 e. The van der Waals surface area contributed by atoms with Crippen LogP contribution in [0.1, 0.15) is 18.4 Å². The summed E-state index contributed by atoms with van der Waals surface area (Å²) in [5.74, 6) is 2.45. The quantitative estimate of drug-likeness (QED) is 0.795. The monoisotopic (exact) mass is 265 g/mol. The van der Waals surface area contributed by atoms with E-state index in [-0.39, 0.29) is 11.2 Å². The predicted octanol–water partition coefficient (Wildman–Crippen LogP) is 0.813. The van der Waals surface area contributed by atoms with Crippen LogP contribution >= 0.6 is 11.8 Å². The standard InChI is InChI=1S/C12H15N3O2S/c1-14-10-8(11(16)15(2)12(14)17)5-9(13-10)18-6-7-3-4-7/h7H,3-6H2,1-2H3. The van der Waals surface area contributed by atoms with Crippen LogP contribution in [0.3, 0.4) is 0 Å². The van der Waals surface area contributed by atoms with Crippen LogP contribution in [0.25, 0.3) is 0 Å². The Labute approximate surface area is 109 Å². The topological polar surface area (TPSA) is 56.4 Å². The molecule has 2 heterocycles. The van der Waals surface area contributed by atoms with Crippen LogP contribution in [0.15, 0.2) is 14.6 Å². The molecule has 0 N–H and O–H groups in total. The van der Waals surface area contributed by atoms with E-state index in [1.165, 1.54) is 24.5 Å². The normalized spacial score (nSPS) is 17.8. The van der Waals surface area contributed by atoms with E-state index in [1.807, 2.05) is 0 Å². The van der Waals surface area contributed by atoms with Gasteiger partial charge in [0.15, 0.2) is 0 Å². The maximum absolute atomic E-state index is 12.0. The molecule has 6 heteroatoms. The lowest BCUT2D eigenvalue weighted by molar-refractivity contribution is 0.682. The molecular weight excluding hydrogens is 250 g/mol. The van der Waals surface area contributed by atoms with E-state index >= 15 is 0 Å². The maximum Gasteiger partial charge on any atom is 0.332 e. The average molecular weight is 265 g/mol. The van der Waals surface area contributed by atoms with E-state index in [1.54, 1.807) is 18.8 Å². The Morgan fingerprint density at radius 1 is 1.28 bits per heavy atom. The zero-order chi connectivity index (χ0) is 12.9. The fourth-order valence-corrected chi connectivity index (χ4v) is 3.25. The van der Waals surface area contributed by atoms with E-state index in [4.69, 9.17) is 0 Å². The van der Waals surface area contributed by atoms with E-state index < -0.39 is 0 Å². The highest BCUT2D eigenvalue weighted by Gasteiger charge is 2.26. The molecule has 0 unspecified atom stereocenters. The van der Waals surface area contributed by atoms with Crippen LogP contribution < -0.4 is 11.2 Å². The van der Waals surface area contributed by atoms with Crippen LogP contribution in [-0.2, 0) is 20.5 Å². The van der Waals surface area contributed by atoms with Crippen molar-refractivity contribution in [2.45, 2.75) is 19.3 Å². The van der Waals surface area contributed by atoms with Gasteiger partial charge in [-0.05, 0) is 18.8 Å². The molecule has 0 saturated heterocycles. The number of nitrogens with zero attached hydrogens (tertiary/aromatic N) is 3. The molecule has 5 nitrogen and oxygen atoms in total. The second-order valence-corrected chi connectivity index (χ2v) is 6.04. The summed E-state index contributed by atoms with van der Waals surface area (Å²) in [7, 11) is 3.18. The Morgan fingerprint density at radius 3 is 2.67 bits per heavy atom. The van der Waals surface area contributed by atoms with Gasteiger partial charge in [0.2, 0.25) is 0 Å². The minimum absolute atomic E-state index is 0.209. The zero-order valence-electron chi connectivity index (χ0n) is 10.5. The predicted molar refractivity (Wildman–Crippen MR) is 72.9 cm³/mol. The number of fused-ring (bicyclic) bond motifs is 1. The molecule has 1 aromatic heterocycles. The number of aromatic nitrogens is 2. The molecule has 0 aromatic carbocycles. The van der Waals surface area contributed by atoms with E-state index in [0.717, 1.165) is 21.3 Å². The first-order valence-corrected chi connectivity index (χ1v) is 7.05. The Kier molecular flexibility index (Phi) is 2.69. The summed E-state index contributed by atoms with van der Waals surface area (Å²) in [6.45, 7) is 0. The first kappa shape index (κ1) is 11.8. The third kappa shape index (κ3) is 1.84. The Balaban J connectivity index is 1.95. The molecule has 1 aliphatic heterocycles. The minimum Gasteiger partial charge on any atom is -0.281 e. The fourth-order valence-electron chi connectivity index (χ4n) is 2.09. The van der Waals surface area contributed by atoms with Crippen LogP contribution in [-0.4, -0.2) is 19.9 Å². The summed E-state index contributed by atoms with van der Waals surface area (Å²) in [6, 6.07) is 0. The summed E-state index contributed by atoms with van der Waals surface area (Å²) in [5.41, 5.74) is 0.132. The van der Waals surface area contributed by atoms with Gasteiger partial charge in [0.05, 0.1) is 10.6 Å². The summed E-state index contributed by atoms with van der Waals surface area (Å²) in [4.78, 5) is 28.2. The molecule has 18 heavy (non-hydrogen) atoms.